The summed E-state index contributed by atoms with van der Waals surface area (Å²) in [6, 6.07) is 19.4. The predicted molar refractivity (Wildman–Crippen MR) is 81.8 cm³/mol. The largest absolute Gasteiger partial charge is 0.0683 e. The van der Waals surface area contributed by atoms with E-state index < -0.39 is 0 Å². The van der Waals surface area contributed by atoms with E-state index in [0.29, 0.717) is 0 Å². The summed E-state index contributed by atoms with van der Waals surface area (Å²) in [5, 5.41) is 0. The molecule has 0 atom stereocenters. The lowest BCUT2D eigenvalue weighted by Gasteiger charge is -2.06. The Morgan fingerprint density at radius 1 is 0.722 bits per heavy atom. The minimum absolute atomic E-state index is 0.725. The number of rotatable bonds is 3. The van der Waals surface area contributed by atoms with E-state index >= 15 is 0 Å². The second-order valence-corrected chi connectivity index (χ2v) is 4.66. The van der Waals surface area contributed by atoms with E-state index in [9.17, 15) is 0 Å². The Morgan fingerprint density at radius 3 is 1.72 bits per heavy atom. The molecule has 0 radical (unpaired) electrons. The SMILES string of the molecule is CC.CC(C)Cc1ccc(-c2ccccc2)cc1. The number of benzene rings is 2. The minimum Gasteiger partial charge on any atom is -0.0683 e. The molecule has 0 heteroatoms. The Hall–Kier alpha value is -1.56. The lowest BCUT2D eigenvalue weighted by atomic mass is 9.99. The van der Waals surface area contributed by atoms with Crippen molar-refractivity contribution in [3.05, 3.63) is 60.2 Å². The van der Waals surface area contributed by atoms with Crippen LogP contribution >= 0.6 is 0 Å². The summed E-state index contributed by atoms with van der Waals surface area (Å²) in [5.74, 6) is 0.725. The first-order valence-corrected chi connectivity index (χ1v) is 6.90. The van der Waals surface area contributed by atoms with E-state index in [4.69, 9.17) is 0 Å². The molecule has 0 aromatic heterocycles. The van der Waals surface area contributed by atoms with Crippen molar-refractivity contribution >= 4 is 0 Å². The van der Waals surface area contributed by atoms with Gasteiger partial charge in [-0.15, -0.1) is 0 Å². The molecular formula is C18H24. The normalized spacial score (nSPS) is 9.83. The van der Waals surface area contributed by atoms with Crippen LogP contribution in [-0.4, -0.2) is 0 Å². The fraction of sp³-hybridized carbons (Fsp3) is 0.333. The quantitative estimate of drug-likeness (QED) is 0.657. The van der Waals surface area contributed by atoms with Crippen molar-refractivity contribution in [3.63, 3.8) is 0 Å². The minimum atomic E-state index is 0.725. The van der Waals surface area contributed by atoms with E-state index in [-0.39, 0.29) is 0 Å². The van der Waals surface area contributed by atoms with Crippen molar-refractivity contribution in [3.8, 4) is 11.1 Å². The van der Waals surface area contributed by atoms with Crippen LogP contribution in [-0.2, 0) is 6.42 Å². The van der Waals surface area contributed by atoms with Crippen molar-refractivity contribution in [1.82, 2.24) is 0 Å². The highest BCUT2D eigenvalue weighted by atomic mass is 14.0. The van der Waals surface area contributed by atoms with Gasteiger partial charge in [0.1, 0.15) is 0 Å². The molecule has 0 unspecified atom stereocenters. The van der Waals surface area contributed by atoms with Crippen LogP contribution in [0.1, 0.15) is 33.3 Å². The Morgan fingerprint density at radius 2 is 1.22 bits per heavy atom. The van der Waals surface area contributed by atoms with Gasteiger partial charge in [0.2, 0.25) is 0 Å². The number of hydrogen-bond donors (Lipinski definition) is 0. The van der Waals surface area contributed by atoms with E-state index in [1.807, 2.05) is 13.8 Å². The van der Waals surface area contributed by atoms with Gasteiger partial charge in [-0.1, -0.05) is 82.3 Å². The third-order valence-electron chi connectivity index (χ3n) is 2.71. The van der Waals surface area contributed by atoms with Crippen LogP contribution < -0.4 is 0 Å². The molecule has 18 heavy (non-hydrogen) atoms. The Kier molecular flexibility index (Phi) is 6.21. The Balaban J connectivity index is 0.000000771. The summed E-state index contributed by atoms with van der Waals surface area (Å²) >= 11 is 0. The molecule has 2 rings (SSSR count). The zero-order valence-corrected chi connectivity index (χ0v) is 12.0. The summed E-state index contributed by atoms with van der Waals surface area (Å²) in [4.78, 5) is 0. The molecule has 0 saturated carbocycles. The van der Waals surface area contributed by atoms with E-state index in [2.05, 4.69) is 68.4 Å². The standard InChI is InChI=1S/C16H18.C2H6/c1-13(2)12-14-8-10-16(11-9-14)15-6-4-3-5-7-15;1-2/h3-11,13H,12H2,1-2H3;1-2H3. The van der Waals surface area contributed by atoms with Gasteiger partial charge in [0.05, 0.1) is 0 Å². The van der Waals surface area contributed by atoms with Gasteiger partial charge in [0, 0.05) is 0 Å². The molecule has 96 valence electrons. The molecule has 0 fully saturated rings. The molecule has 0 aliphatic heterocycles. The third-order valence-corrected chi connectivity index (χ3v) is 2.71. The van der Waals surface area contributed by atoms with Crippen LogP contribution in [0, 0.1) is 5.92 Å². The van der Waals surface area contributed by atoms with Gasteiger partial charge < -0.3 is 0 Å². The maximum absolute atomic E-state index is 2.26. The zero-order chi connectivity index (χ0) is 13.4. The lowest BCUT2D eigenvalue weighted by Crippen LogP contribution is -1.93. The zero-order valence-electron chi connectivity index (χ0n) is 12.0. The molecule has 0 spiro atoms. The fourth-order valence-electron chi connectivity index (χ4n) is 1.94. The molecule has 0 bridgehead atoms. The van der Waals surface area contributed by atoms with Gasteiger partial charge in [0.15, 0.2) is 0 Å². The van der Waals surface area contributed by atoms with Gasteiger partial charge in [-0.05, 0) is 29.0 Å². The van der Waals surface area contributed by atoms with Gasteiger partial charge in [-0.3, -0.25) is 0 Å². The smallest absolute Gasteiger partial charge is 0.0184 e. The van der Waals surface area contributed by atoms with Crippen LogP contribution in [0.15, 0.2) is 54.6 Å². The monoisotopic (exact) mass is 240 g/mol. The first kappa shape index (κ1) is 14.5. The number of hydrogen-bond acceptors (Lipinski definition) is 0. The van der Waals surface area contributed by atoms with Gasteiger partial charge in [0.25, 0.3) is 0 Å². The molecule has 2 aromatic rings. The summed E-state index contributed by atoms with van der Waals surface area (Å²) in [6.45, 7) is 8.51. The van der Waals surface area contributed by atoms with E-state index in [1.165, 1.54) is 16.7 Å². The van der Waals surface area contributed by atoms with Crippen molar-refractivity contribution < 1.29 is 0 Å². The first-order valence-electron chi connectivity index (χ1n) is 6.90. The molecule has 0 amide bonds. The molecule has 0 aliphatic rings. The predicted octanol–water partition coefficient (Wildman–Crippen LogP) is 5.58. The Labute approximate surface area is 112 Å². The molecule has 0 aliphatic carbocycles. The second-order valence-electron chi connectivity index (χ2n) is 4.66. The highest BCUT2D eigenvalue weighted by molar-refractivity contribution is 5.63. The molecule has 0 nitrogen and oxygen atoms in total. The summed E-state index contributed by atoms with van der Waals surface area (Å²) < 4.78 is 0. The molecule has 0 N–H and O–H groups in total. The van der Waals surface area contributed by atoms with Crippen molar-refractivity contribution in [2.45, 2.75) is 34.1 Å². The average molecular weight is 240 g/mol. The summed E-state index contributed by atoms with van der Waals surface area (Å²) in [7, 11) is 0. The maximum atomic E-state index is 2.26. The van der Waals surface area contributed by atoms with E-state index in [0.717, 1.165) is 12.3 Å². The first-order chi connectivity index (χ1) is 8.75. The van der Waals surface area contributed by atoms with Gasteiger partial charge in [-0.2, -0.15) is 0 Å². The highest BCUT2D eigenvalue weighted by Gasteiger charge is 1.99. The molecule has 2 aromatic carbocycles. The average Bonchev–Trinajstić information content (AvgIpc) is 2.42. The van der Waals surface area contributed by atoms with Crippen molar-refractivity contribution in [1.29, 1.82) is 0 Å². The van der Waals surface area contributed by atoms with Crippen molar-refractivity contribution in [2.24, 2.45) is 5.92 Å². The van der Waals surface area contributed by atoms with Gasteiger partial charge >= 0.3 is 0 Å². The summed E-state index contributed by atoms with van der Waals surface area (Å²) in [5.41, 5.74) is 4.02. The second kappa shape index (κ2) is 7.71. The molecular weight excluding hydrogens is 216 g/mol. The Bertz CT molecular complexity index is 423. The molecule has 0 heterocycles. The van der Waals surface area contributed by atoms with Crippen LogP contribution in [0.3, 0.4) is 0 Å². The van der Waals surface area contributed by atoms with E-state index in [1.54, 1.807) is 0 Å². The summed E-state index contributed by atoms with van der Waals surface area (Å²) in [6.07, 6.45) is 1.16. The fourth-order valence-corrected chi connectivity index (χ4v) is 1.94. The lowest BCUT2D eigenvalue weighted by molar-refractivity contribution is 0.647. The highest BCUT2D eigenvalue weighted by Crippen LogP contribution is 2.20. The molecule has 0 saturated heterocycles. The van der Waals surface area contributed by atoms with Crippen molar-refractivity contribution in [2.75, 3.05) is 0 Å². The van der Waals surface area contributed by atoms with Crippen LogP contribution in [0.5, 0.6) is 0 Å². The van der Waals surface area contributed by atoms with Crippen LogP contribution in [0.2, 0.25) is 0 Å². The topological polar surface area (TPSA) is 0 Å². The van der Waals surface area contributed by atoms with Crippen LogP contribution in [0.25, 0.3) is 11.1 Å². The van der Waals surface area contributed by atoms with Crippen LogP contribution in [0.4, 0.5) is 0 Å². The third kappa shape index (κ3) is 4.37. The maximum Gasteiger partial charge on any atom is -0.0184 e. The van der Waals surface area contributed by atoms with Gasteiger partial charge in [-0.25, -0.2) is 0 Å².